The molecule has 7 nitrogen and oxygen atoms in total. The molecule has 0 spiro atoms. The number of anilines is 1. The van der Waals surface area contributed by atoms with Gasteiger partial charge in [0.2, 0.25) is 0 Å². The minimum atomic E-state index is -0.782. The van der Waals surface area contributed by atoms with E-state index in [9.17, 15) is 14.4 Å². The molecule has 2 aromatic rings. The second-order valence-electron chi connectivity index (χ2n) is 6.82. The molecule has 148 valence electrons. The van der Waals surface area contributed by atoms with Crippen LogP contribution >= 0.6 is 0 Å². The molecule has 0 fully saturated rings. The van der Waals surface area contributed by atoms with Crippen molar-refractivity contribution in [1.29, 1.82) is 0 Å². The van der Waals surface area contributed by atoms with Gasteiger partial charge < -0.3 is 10.6 Å². The summed E-state index contributed by atoms with van der Waals surface area (Å²) in [6.07, 6.45) is 0. The first-order valence-corrected chi connectivity index (χ1v) is 9.12. The number of carbonyl (C=O) groups excluding carboxylic acids is 3. The number of carbonyl (C=O) groups is 3. The number of nitrogens with one attached hydrogen (secondary N) is 4. The summed E-state index contributed by atoms with van der Waals surface area (Å²) in [5.41, 5.74) is 6.97. The van der Waals surface area contributed by atoms with Gasteiger partial charge in [-0.1, -0.05) is 49.7 Å². The SMILES string of the molecule is Cc1cccc(C(=O)N[C@H](C(=O)NNC(=O)CNc2ccccc2)C(C)C)c1. The van der Waals surface area contributed by atoms with Crippen molar-refractivity contribution in [3.8, 4) is 0 Å². The van der Waals surface area contributed by atoms with Crippen LogP contribution in [0.25, 0.3) is 0 Å². The Balaban J connectivity index is 1.86. The quantitative estimate of drug-likeness (QED) is 0.551. The van der Waals surface area contributed by atoms with Crippen molar-refractivity contribution in [3.05, 3.63) is 65.7 Å². The first-order valence-electron chi connectivity index (χ1n) is 9.12. The molecule has 0 saturated carbocycles. The maximum absolute atomic E-state index is 12.4. The van der Waals surface area contributed by atoms with Crippen molar-refractivity contribution < 1.29 is 14.4 Å². The topological polar surface area (TPSA) is 99.3 Å². The van der Waals surface area contributed by atoms with Gasteiger partial charge in [-0.25, -0.2) is 0 Å². The predicted molar refractivity (Wildman–Crippen MR) is 108 cm³/mol. The molecule has 4 N–H and O–H groups in total. The van der Waals surface area contributed by atoms with Gasteiger partial charge in [-0.05, 0) is 37.1 Å². The number of hydrazine groups is 1. The van der Waals surface area contributed by atoms with Gasteiger partial charge in [0, 0.05) is 11.3 Å². The minimum absolute atomic E-state index is 0.00624. The maximum Gasteiger partial charge on any atom is 0.261 e. The van der Waals surface area contributed by atoms with E-state index in [0.717, 1.165) is 11.3 Å². The second kappa shape index (κ2) is 10.1. The molecule has 0 aliphatic carbocycles. The normalized spacial score (nSPS) is 11.4. The molecule has 0 heterocycles. The van der Waals surface area contributed by atoms with Gasteiger partial charge in [0.25, 0.3) is 17.7 Å². The zero-order valence-electron chi connectivity index (χ0n) is 16.3. The van der Waals surface area contributed by atoms with Crippen molar-refractivity contribution in [1.82, 2.24) is 16.2 Å². The lowest BCUT2D eigenvalue weighted by atomic mass is 10.0. The minimum Gasteiger partial charge on any atom is -0.376 e. The maximum atomic E-state index is 12.4. The smallest absolute Gasteiger partial charge is 0.261 e. The van der Waals surface area contributed by atoms with E-state index in [1.165, 1.54) is 0 Å². The molecule has 0 radical (unpaired) electrons. The van der Waals surface area contributed by atoms with E-state index in [2.05, 4.69) is 21.5 Å². The van der Waals surface area contributed by atoms with Crippen LogP contribution in [0.3, 0.4) is 0 Å². The van der Waals surface area contributed by atoms with Crippen molar-refractivity contribution in [2.45, 2.75) is 26.8 Å². The standard InChI is InChI=1S/C21H26N4O3/c1-14(2)19(23-20(27)16-9-7-8-15(3)12-16)21(28)25-24-18(26)13-22-17-10-5-4-6-11-17/h4-12,14,19,22H,13H2,1-3H3,(H,23,27)(H,24,26)(H,25,28)/t19-/m0/s1. The third-order valence-electron chi connectivity index (χ3n) is 4.07. The molecular weight excluding hydrogens is 356 g/mol. The number of rotatable bonds is 7. The van der Waals surface area contributed by atoms with E-state index in [1.54, 1.807) is 18.2 Å². The van der Waals surface area contributed by atoms with E-state index in [-0.39, 0.29) is 18.4 Å². The molecule has 1 atom stereocenters. The van der Waals surface area contributed by atoms with Gasteiger partial charge in [0.15, 0.2) is 0 Å². The Kier molecular flexibility index (Phi) is 7.56. The molecule has 2 rings (SSSR count). The molecule has 0 unspecified atom stereocenters. The number of hydrogen-bond donors (Lipinski definition) is 4. The Labute approximate surface area is 164 Å². The van der Waals surface area contributed by atoms with Crippen molar-refractivity contribution in [2.75, 3.05) is 11.9 Å². The lowest BCUT2D eigenvalue weighted by molar-refractivity contribution is -0.129. The summed E-state index contributed by atoms with van der Waals surface area (Å²) in [7, 11) is 0. The van der Waals surface area contributed by atoms with E-state index < -0.39 is 17.9 Å². The summed E-state index contributed by atoms with van der Waals surface area (Å²) in [5, 5.41) is 5.67. The Morgan fingerprint density at radius 3 is 2.29 bits per heavy atom. The van der Waals surface area contributed by atoms with Crippen LogP contribution in [0.15, 0.2) is 54.6 Å². The number of para-hydroxylation sites is 1. The monoisotopic (exact) mass is 382 g/mol. The van der Waals surface area contributed by atoms with Crippen molar-refractivity contribution in [3.63, 3.8) is 0 Å². The van der Waals surface area contributed by atoms with Crippen LogP contribution in [0.1, 0.15) is 29.8 Å². The highest BCUT2D eigenvalue weighted by molar-refractivity contribution is 5.98. The molecule has 3 amide bonds. The molecular formula is C21H26N4O3. The highest BCUT2D eigenvalue weighted by atomic mass is 16.2. The van der Waals surface area contributed by atoms with Crippen LogP contribution in [-0.2, 0) is 9.59 Å². The molecule has 7 heteroatoms. The zero-order valence-corrected chi connectivity index (χ0v) is 16.3. The van der Waals surface area contributed by atoms with E-state index in [4.69, 9.17) is 0 Å². The van der Waals surface area contributed by atoms with Crippen molar-refractivity contribution >= 4 is 23.4 Å². The fourth-order valence-corrected chi connectivity index (χ4v) is 2.54. The fraction of sp³-hybridized carbons (Fsp3) is 0.286. The average molecular weight is 382 g/mol. The van der Waals surface area contributed by atoms with Crippen LogP contribution in [-0.4, -0.2) is 30.3 Å². The van der Waals surface area contributed by atoms with Crippen molar-refractivity contribution in [2.24, 2.45) is 5.92 Å². The first-order chi connectivity index (χ1) is 13.4. The van der Waals surface area contributed by atoms with Crippen LogP contribution in [0.4, 0.5) is 5.69 Å². The van der Waals surface area contributed by atoms with Crippen LogP contribution in [0.2, 0.25) is 0 Å². The lowest BCUT2D eigenvalue weighted by Crippen LogP contribution is -2.55. The number of aryl methyl sites for hydroxylation is 1. The molecule has 0 bridgehead atoms. The summed E-state index contributed by atoms with van der Waals surface area (Å²) in [5.74, 6) is -1.38. The fourth-order valence-electron chi connectivity index (χ4n) is 2.54. The number of benzene rings is 2. The molecule has 0 aromatic heterocycles. The third-order valence-corrected chi connectivity index (χ3v) is 4.07. The second-order valence-corrected chi connectivity index (χ2v) is 6.82. The number of hydrogen-bond acceptors (Lipinski definition) is 4. The molecule has 0 saturated heterocycles. The highest BCUT2D eigenvalue weighted by Crippen LogP contribution is 2.07. The summed E-state index contributed by atoms with van der Waals surface area (Å²) in [6.45, 7) is 5.54. The highest BCUT2D eigenvalue weighted by Gasteiger charge is 2.25. The third kappa shape index (κ3) is 6.42. The van der Waals surface area contributed by atoms with Crippen LogP contribution in [0.5, 0.6) is 0 Å². The summed E-state index contributed by atoms with van der Waals surface area (Å²) < 4.78 is 0. The van der Waals surface area contributed by atoms with Crippen LogP contribution in [0, 0.1) is 12.8 Å². The summed E-state index contributed by atoms with van der Waals surface area (Å²) in [4.78, 5) is 36.8. The van der Waals surface area contributed by atoms with E-state index >= 15 is 0 Å². The van der Waals surface area contributed by atoms with Gasteiger partial charge in [-0.3, -0.25) is 25.2 Å². The first kappa shape index (κ1) is 21.0. The van der Waals surface area contributed by atoms with E-state index in [0.29, 0.717) is 5.56 Å². The zero-order chi connectivity index (χ0) is 20.5. The Morgan fingerprint density at radius 1 is 0.929 bits per heavy atom. The van der Waals surface area contributed by atoms with Gasteiger partial charge in [0.1, 0.15) is 6.04 Å². The number of amides is 3. The lowest BCUT2D eigenvalue weighted by Gasteiger charge is -2.22. The summed E-state index contributed by atoms with van der Waals surface area (Å²) in [6, 6.07) is 15.6. The Bertz CT molecular complexity index is 821. The molecule has 2 aromatic carbocycles. The molecule has 0 aliphatic rings. The van der Waals surface area contributed by atoms with Gasteiger partial charge in [-0.2, -0.15) is 0 Å². The van der Waals surface area contributed by atoms with Crippen LogP contribution < -0.4 is 21.5 Å². The largest absolute Gasteiger partial charge is 0.376 e. The van der Waals surface area contributed by atoms with Gasteiger partial charge in [-0.15, -0.1) is 0 Å². The predicted octanol–water partition coefficient (Wildman–Crippen LogP) is 2.01. The Morgan fingerprint density at radius 2 is 1.64 bits per heavy atom. The Hall–Kier alpha value is -3.35. The molecule has 28 heavy (non-hydrogen) atoms. The van der Waals surface area contributed by atoms with E-state index in [1.807, 2.05) is 57.2 Å². The molecule has 0 aliphatic heterocycles. The van der Waals surface area contributed by atoms with Gasteiger partial charge in [0.05, 0.1) is 6.54 Å². The van der Waals surface area contributed by atoms with Gasteiger partial charge >= 0.3 is 0 Å². The summed E-state index contributed by atoms with van der Waals surface area (Å²) >= 11 is 0. The average Bonchev–Trinajstić information content (AvgIpc) is 2.69.